The molecule has 0 radical (unpaired) electrons. The molecule has 24 heavy (non-hydrogen) atoms. The number of nitrogens with zero attached hydrogens (tertiary/aromatic N) is 3. The molecule has 2 aromatic rings. The van der Waals surface area contributed by atoms with Crippen molar-refractivity contribution >= 4 is 27.4 Å². The Morgan fingerprint density at radius 3 is 2.83 bits per heavy atom. The minimum absolute atomic E-state index is 0.0999. The summed E-state index contributed by atoms with van der Waals surface area (Å²) in [5.74, 6) is 1.87. The van der Waals surface area contributed by atoms with E-state index in [1.54, 1.807) is 6.33 Å². The Morgan fingerprint density at radius 1 is 1.17 bits per heavy atom. The second kappa shape index (κ2) is 5.91. The van der Waals surface area contributed by atoms with Crippen molar-refractivity contribution in [3.05, 3.63) is 16.8 Å². The highest BCUT2D eigenvalue weighted by Gasteiger charge is 2.32. The average Bonchev–Trinajstić information content (AvgIpc) is 3.30. The van der Waals surface area contributed by atoms with E-state index in [2.05, 4.69) is 25.7 Å². The summed E-state index contributed by atoms with van der Waals surface area (Å²) < 4.78 is 0. The lowest BCUT2D eigenvalue weighted by molar-refractivity contribution is 0.310. The van der Waals surface area contributed by atoms with Gasteiger partial charge in [0.2, 0.25) is 0 Å². The molecule has 2 fully saturated rings. The number of piperidine rings is 1. The quantitative estimate of drug-likeness (QED) is 0.767. The number of thiophene rings is 1. The Labute approximate surface area is 145 Å². The zero-order chi connectivity index (χ0) is 16.1. The van der Waals surface area contributed by atoms with E-state index < -0.39 is 0 Å². The first-order chi connectivity index (χ1) is 11.8. The van der Waals surface area contributed by atoms with E-state index in [4.69, 9.17) is 5.73 Å². The molecule has 2 aromatic heterocycles. The van der Waals surface area contributed by atoms with Crippen LogP contribution in [-0.2, 0) is 12.8 Å². The van der Waals surface area contributed by atoms with Crippen LogP contribution in [0, 0.1) is 5.92 Å². The number of nitrogens with two attached hydrogens (primary N) is 1. The van der Waals surface area contributed by atoms with Crippen LogP contribution in [0.3, 0.4) is 0 Å². The molecule has 2 unspecified atom stereocenters. The first kappa shape index (κ1) is 15.0. The number of aryl methyl sites for hydroxylation is 2. The van der Waals surface area contributed by atoms with Crippen molar-refractivity contribution in [2.75, 3.05) is 18.0 Å². The van der Waals surface area contributed by atoms with E-state index in [9.17, 15) is 0 Å². The van der Waals surface area contributed by atoms with Gasteiger partial charge in [0.05, 0.1) is 11.6 Å². The van der Waals surface area contributed by atoms with Gasteiger partial charge in [0.1, 0.15) is 17.0 Å². The summed E-state index contributed by atoms with van der Waals surface area (Å²) in [7, 11) is 0. The fourth-order valence-corrected chi connectivity index (χ4v) is 5.80. The van der Waals surface area contributed by atoms with Gasteiger partial charge in [-0.25, -0.2) is 15.4 Å². The third kappa shape index (κ3) is 2.42. The number of fused-ring (bicyclic) bond motifs is 3. The molecule has 4 N–H and O–H groups in total. The largest absolute Gasteiger partial charge is 0.356 e. The van der Waals surface area contributed by atoms with E-state index in [0.29, 0.717) is 12.0 Å². The van der Waals surface area contributed by atoms with Crippen molar-refractivity contribution in [1.29, 1.82) is 0 Å². The summed E-state index contributed by atoms with van der Waals surface area (Å²) in [6, 6.07) is 0.512. The third-order valence-electron chi connectivity index (χ3n) is 5.85. The van der Waals surface area contributed by atoms with Crippen molar-refractivity contribution in [2.24, 2.45) is 11.7 Å². The molecular formula is C17H24N6S. The highest BCUT2D eigenvalue weighted by Crippen LogP contribution is 2.41. The molecule has 1 aliphatic carbocycles. The SMILES string of the molecule is NC1CC(C2CCN(c3ncnc4sc5c(c34)CCC5)CC2)NN1. The van der Waals surface area contributed by atoms with Crippen LogP contribution in [0.25, 0.3) is 10.2 Å². The van der Waals surface area contributed by atoms with Crippen LogP contribution in [-0.4, -0.2) is 35.3 Å². The van der Waals surface area contributed by atoms with Gasteiger partial charge in [-0.3, -0.25) is 5.43 Å². The molecule has 0 aromatic carbocycles. The lowest BCUT2D eigenvalue weighted by Gasteiger charge is -2.35. The molecule has 0 spiro atoms. The first-order valence-corrected chi connectivity index (χ1v) is 9.88. The molecule has 0 saturated carbocycles. The highest BCUT2D eigenvalue weighted by atomic mass is 32.1. The molecule has 3 aliphatic rings. The molecule has 7 heteroatoms. The summed E-state index contributed by atoms with van der Waals surface area (Å²) >= 11 is 1.88. The number of hydrogen-bond acceptors (Lipinski definition) is 7. The summed E-state index contributed by atoms with van der Waals surface area (Å²) in [5, 5.41) is 1.34. The molecule has 128 valence electrons. The van der Waals surface area contributed by atoms with Gasteiger partial charge in [0, 0.05) is 24.0 Å². The van der Waals surface area contributed by atoms with Crippen LogP contribution >= 0.6 is 11.3 Å². The van der Waals surface area contributed by atoms with Crippen molar-refractivity contribution in [3.63, 3.8) is 0 Å². The Kier molecular flexibility index (Phi) is 3.70. The highest BCUT2D eigenvalue weighted by molar-refractivity contribution is 7.19. The summed E-state index contributed by atoms with van der Waals surface area (Å²) in [4.78, 5) is 14.4. The van der Waals surface area contributed by atoms with Gasteiger partial charge in [0.15, 0.2) is 0 Å². The third-order valence-corrected chi connectivity index (χ3v) is 7.05. The van der Waals surface area contributed by atoms with Gasteiger partial charge in [-0.2, -0.15) is 0 Å². The van der Waals surface area contributed by atoms with Crippen LogP contribution in [0.1, 0.15) is 36.1 Å². The van der Waals surface area contributed by atoms with E-state index in [1.165, 1.54) is 58.6 Å². The predicted molar refractivity (Wildman–Crippen MR) is 97.0 cm³/mol. The van der Waals surface area contributed by atoms with Gasteiger partial charge in [-0.15, -0.1) is 11.3 Å². The van der Waals surface area contributed by atoms with Crippen LogP contribution < -0.4 is 21.5 Å². The van der Waals surface area contributed by atoms with Gasteiger partial charge in [-0.05, 0) is 50.0 Å². The second-order valence-electron chi connectivity index (χ2n) is 7.30. The number of hydrazine groups is 1. The van der Waals surface area contributed by atoms with E-state index >= 15 is 0 Å². The topological polar surface area (TPSA) is 79.1 Å². The van der Waals surface area contributed by atoms with E-state index in [-0.39, 0.29) is 6.17 Å². The summed E-state index contributed by atoms with van der Waals surface area (Å²) in [6.45, 7) is 2.16. The zero-order valence-electron chi connectivity index (χ0n) is 13.8. The minimum atomic E-state index is 0.0999. The second-order valence-corrected chi connectivity index (χ2v) is 8.38. The van der Waals surface area contributed by atoms with Crippen LogP contribution in [0.15, 0.2) is 6.33 Å². The number of hydrogen-bond donors (Lipinski definition) is 3. The Hall–Kier alpha value is -1.28. The molecule has 2 aliphatic heterocycles. The molecule has 6 nitrogen and oxygen atoms in total. The molecule has 0 amide bonds. The molecule has 0 bridgehead atoms. The smallest absolute Gasteiger partial charge is 0.141 e. The standard InChI is InChI=1S/C17H24N6S/c18-14-8-12(21-22-14)10-4-6-23(7-5-10)16-15-11-2-1-3-13(11)24-17(15)20-9-19-16/h9-10,12,14,21-22H,1-8,18H2. The number of anilines is 1. The minimum Gasteiger partial charge on any atom is -0.356 e. The maximum absolute atomic E-state index is 5.95. The monoisotopic (exact) mass is 344 g/mol. The molecule has 5 rings (SSSR count). The summed E-state index contributed by atoms with van der Waals surface area (Å²) in [5.41, 5.74) is 14.0. The summed E-state index contributed by atoms with van der Waals surface area (Å²) in [6.07, 6.45) is 8.97. The molecular weight excluding hydrogens is 320 g/mol. The van der Waals surface area contributed by atoms with Gasteiger partial charge < -0.3 is 10.6 Å². The fraction of sp³-hybridized carbons (Fsp3) is 0.647. The lowest BCUT2D eigenvalue weighted by Crippen LogP contribution is -2.43. The average molecular weight is 344 g/mol. The Bertz CT molecular complexity index is 751. The van der Waals surface area contributed by atoms with Crippen molar-refractivity contribution in [2.45, 2.75) is 50.7 Å². The molecule has 2 atom stereocenters. The van der Waals surface area contributed by atoms with Crippen LogP contribution in [0.4, 0.5) is 5.82 Å². The van der Waals surface area contributed by atoms with Crippen molar-refractivity contribution < 1.29 is 0 Å². The fourth-order valence-electron chi connectivity index (χ4n) is 4.58. The van der Waals surface area contributed by atoms with Crippen molar-refractivity contribution in [1.82, 2.24) is 20.8 Å². The van der Waals surface area contributed by atoms with Gasteiger partial charge >= 0.3 is 0 Å². The Morgan fingerprint density at radius 2 is 2.04 bits per heavy atom. The van der Waals surface area contributed by atoms with Crippen LogP contribution in [0.5, 0.6) is 0 Å². The van der Waals surface area contributed by atoms with Gasteiger partial charge in [0.25, 0.3) is 0 Å². The first-order valence-electron chi connectivity index (χ1n) is 9.06. The van der Waals surface area contributed by atoms with E-state index in [0.717, 1.165) is 19.5 Å². The number of aromatic nitrogens is 2. The maximum Gasteiger partial charge on any atom is 0.141 e. The van der Waals surface area contributed by atoms with Gasteiger partial charge in [-0.1, -0.05) is 0 Å². The predicted octanol–water partition coefficient (Wildman–Crippen LogP) is 1.55. The molecule has 2 saturated heterocycles. The van der Waals surface area contributed by atoms with Crippen LogP contribution in [0.2, 0.25) is 0 Å². The zero-order valence-corrected chi connectivity index (χ0v) is 14.6. The normalized spacial score (nSPS) is 28.0. The molecule has 4 heterocycles. The Balaban J connectivity index is 1.38. The van der Waals surface area contributed by atoms with E-state index in [1.807, 2.05) is 11.3 Å². The van der Waals surface area contributed by atoms with Crippen molar-refractivity contribution in [3.8, 4) is 0 Å². The number of nitrogens with one attached hydrogen (secondary N) is 2. The maximum atomic E-state index is 5.95. The lowest BCUT2D eigenvalue weighted by atomic mass is 9.88. The number of rotatable bonds is 2.